The van der Waals surface area contributed by atoms with Gasteiger partial charge in [-0.2, -0.15) is 0 Å². The van der Waals surface area contributed by atoms with E-state index >= 15 is 0 Å². The van der Waals surface area contributed by atoms with Gasteiger partial charge in [0.05, 0.1) is 0 Å². The van der Waals surface area contributed by atoms with E-state index in [9.17, 15) is 4.79 Å². The normalized spacial score (nSPS) is 17.3. The first-order valence-electron chi connectivity index (χ1n) is 9.38. The molecule has 1 aliphatic rings. The molecule has 1 fully saturated rings. The van der Waals surface area contributed by atoms with Gasteiger partial charge in [-0.1, -0.05) is 36.4 Å². The Bertz CT molecular complexity index is 912. The molecule has 0 saturated carbocycles. The number of fused-ring (bicyclic) bond motifs is 1. The average Bonchev–Trinajstić information content (AvgIpc) is 2.68. The van der Waals surface area contributed by atoms with E-state index in [1.807, 2.05) is 54.6 Å². The van der Waals surface area contributed by atoms with Gasteiger partial charge < -0.3 is 10.2 Å². The van der Waals surface area contributed by atoms with Crippen molar-refractivity contribution >= 4 is 28.1 Å². The third kappa shape index (κ3) is 3.30. The van der Waals surface area contributed by atoms with Gasteiger partial charge in [0.1, 0.15) is 0 Å². The van der Waals surface area contributed by atoms with Crippen molar-refractivity contribution in [3.63, 3.8) is 0 Å². The smallest absolute Gasteiger partial charge is 0.256 e. The first kappa shape index (κ1) is 16.6. The van der Waals surface area contributed by atoms with Gasteiger partial charge in [-0.15, -0.1) is 0 Å². The van der Waals surface area contributed by atoms with Crippen molar-refractivity contribution < 1.29 is 4.79 Å². The minimum Gasteiger partial charge on any atom is -0.369 e. The zero-order valence-electron chi connectivity index (χ0n) is 15.1. The molecule has 3 nitrogen and oxygen atoms in total. The summed E-state index contributed by atoms with van der Waals surface area (Å²) in [5, 5.41) is 5.09. The fraction of sp³-hybridized carbons (Fsp3) is 0.261. The van der Waals surface area contributed by atoms with Crippen molar-refractivity contribution in [3.8, 4) is 0 Å². The number of rotatable bonds is 3. The predicted molar refractivity (Wildman–Crippen MR) is 109 cm³/mol. The van der Waals surface area contributed by atoms with Gasteiger partial charge in [-0.3, -0.25) is 4.79 Å². The molecule has 3 heteroatoms. The lowest BCUT2D eigenvalue weighted by atomic mass is 10.0. The van der Waals surface area contributed by atoms with Crippen LogP contribution in [-0.2, 0) is 0 Å². The van der Waals surface area contributed by atoms with Crippen LogP contribution in [0.5, 0.6) is 0 Å². The summed E-state index contributed by atoms with van der Waals surface area (Å²) in [6.07, 6.45) is 3.82. The number of amides is 1. The first-order valence-corrected chi connectivity index (χ1v) is 9.38. The molecule has 3 aromatic rings. The summed E-state index contributed by atoms with van der Waals surface area (Å²) in [5.41, 5.74) is 2.77. The predicted octanol–water partition coefficient (Wildman–Crippen LogP) is 5.47. The van der Waals surface area contributed by atoms with Crippen LogP contribution in [0, 0.1) is 0 Å². The SMILES string of the molecule is C[C@H]1CCCCN1c1ccc(NC(=O)c2cccc3ccccc23)cc1. The third-order valence-electron chi connectivity index (χ3n) is 5.29. The fourth-order valence-corrected chi connectivity index (χ4v) is 3.84. The highest BCUT2D eigenvalue weighted by Crippen LogP contribution is 2.26. The summed E-state index contributed by atoms with van der Waals surface area (Å²) in [5.74, 6) is -0.0686. The number of nitrogens with zero attached hydrogens (tertiary/aromatic N) is 1. The number of nitrogens with one attached hydrogen (secondary N) is 1. The molecular formula is C23H24N2O. The molecule has 0 unspecified atom stereocenters. The number of hydrogen-bond donors (Lipinski definition) is 1. The van der Waals surface area contributed by atoms with Crippen LogP contribution in [0.4, 0.5) is 11.4 Å². The van der Waals surface area contributed by atoms with Gasteiger partial charge in [-0.05, 0) is 67.3 Å². The van der Waals surface area contributed by atoms with Crippen LogP contribution in [0.2, 0.25) is 0 Å². The van der Waals surface area contributed by atoms with Gasteiger partial charge in [-0.25, -0.2) is 0 Å². The zero-order chi connectivity index (χ0) is 17.9. The Morgan fingerprint density at radius 2 is 1.73 bits per heavy atom. The topological polar surface area (TPSA) is 32.3 Å². The van der Waals surface area contributed by atoms with Crippen LogP contribution >= 0.6 is 0 Å². The quantitative estimate of drug-likeness (QED) is 0.683. The van der Waals surface area contributed by atoms with Gasteiger partial charge in [0.25, 0.3) is 5.91 Å². The maximum atomic E-state index is 12.7. The zero-order valence-corrected chi connectivity index (χ0v) is 15.1. The van der Waals surface area contributed by atoms with E-state index in [0.717, 1.165) is 23.0 Å². The number of carbonyl (C=O) groups is 1. The second-order valence-corrected chi connectivity index (χ2v) is 7.07. The van der Waals surface area contributed by atoms with Crippen molar-refractivity contribution in [1.29, 1.82) is 0 Å². The van der Waals surface area contributed by atoms with Gasteiger partial charge >= 0.3 is 0 Å². The molecule has 1 atom stereocenters. The number of anilines is 2. The van der Waals surface area contributed by atoms with Crippen molar-refractivity contribution in [2.24, 2.45) is 0 Å². The highest BCUT2D eigenvalue weighted by atomic mass is 16.1. The van der Waals surface area contributed by atoms with Crippen LogP contribution in [0.1, 0.15) is 36.5 Å². The Kier molecular flexibility index (Phi) is 4.61. The number of benzene rings is 3. The molecule has 0 spiro atoms. The van der Waals surface area contributed by atoms with E-state index in [4.69, 9.17) is 0 Å². The van der Waals surface area contributed by atoms with E-state index in [1.165, 1.54) is 24.9 Å². The molecule has 26 heavy (non-hydrogen) atoms. The minimum atomic E-state index is -0.0686. The monoisotopic (exact) mass is 344 g/mol. The maximum Gasteiger partial charge on any atom is 0.256 e. The van der Waals surface area contributed by atoms with Crippen LogP contribution in [0.25, 0.3) is 10.8 Å². The summed E-state index contributed by atoms with van der Waals surface area (Å²) in [7, 11) is 0. The average molecular weight is 344 g/mol. The summed E-state index contributed by atoms with van der Waals surface area (Å²) in [6.45, 7) is 3.40. The molecular weight excluding hydrogens is 320 g/mol. The van der Waals surface area contributed by atoms with Crippen LogP contribution < -0.4 is 10.2 Å². The molecule has 1 amide bonds. The summed E-state index contributed by atoms with van der Waals surface area (Å²) in [4.78, 5) is 15.2. The Labute approximate surface area is 154 Å². The van der Waals surface area contributed by atoms with E-state index in [1.54, 1.807) is 0 Å². The standard InChI is InChI=1S/C23H24N2O/c1-17-7-4-5-16-25(17)20-14-12-19(13-15-20)24-23(26)22-11-6-9-18-8-2-3-10-21(18)22/h2-3,6,8-15,17H,4-5,7,16H2,1H3,(H,24,26)/t17-/m0/s1. The van der Waals surface area contributed by atoms with Crippen molar-refractivity contribution in [1.82, 2.24) is 0 Å². The van der Waals surface area contributed by atoms with E-state index < -0.39 is 0 Å². The summed E-state index contributed by atoms with van der Waals surface area (Å²) in [6, 6.07) is 22.6. The largest absolute Gasteiger partial charge is 0.369 e. The Morgan fingerprint density at radius 3 is 2.54 bits per heavy atom. The highest BCUT2D eigenvalue weighted by Gasteiger charge is 2.18. The lowest BCUT2D eigenvalue weighted by molar-refractivity contribution is 0.102. The fourth-order valence-electron chi connectivity index (χ4n) is 3.84. The lowest BCUT2D eigenvalue weighted by Gasteiger charge is -2.35. The van der Waals surface area contributed by atoms with Gasteiger partial charge in [0.2, 0.25) is 0 Å². The second kappa shape index (κ2) is 7.20. The van der Waals surface area contributed by atoms with Crippen LogP contribution in [0.3, 0.4) is 0 Å². The van der Waals surface area contributed by atoms with E-state index in [-0.39, 0.29) is 5.91 Å². The number of hydrogen-bond acceptors (Lipinski definition) is 2. The molecule has 0 radical (unpaired) electrons. The van der Waals surface area contributed by atoms with Crippen LogP contribution in [0.15, 0.2) is 66.7 Å². The molecule has 4 rings (SSSR count). The molecule has 132 valence electrons. The molecule has 3 aromatic carbocycles. The highest BCUT2D eigenvalue weighted by molar-refractivity contribution is 6.12. The van der Waals surface area contributed by atoms with Crippen molar-refractivity contribution in [2.75, 3.05) is 16.8 Å². The first-order chi connectivity index (χ1) is 12.7. The molecule has 0 bridgehead atoms. The maximum absolute atomic E-state index is 12.7. The summed E-state index contributed by atoms with van der Waals surface area (Å²) >= 11 is 0. The molecule has 1 aliphatic heterocycles. The number of piperidine rings is 1. The van der Waals surface area contributed by atoms with E-state index in [2.05, 4.69) is 29.3 Å². The Balaban J connectivity index is 1.52. The van der Waals surface area contributed by atoms with Crippen molar-refractivity contribution in [3.05, 3.63) is 72.3 Å². The Morgan fingerprint density at radius 1 is 0.962 bits per heavy atom. The van der Waals surface area contributed by atoms with Gasteiger partial charge in [0.15, 0.2) is 0 Å². The third-order valence-corrected chi connectivity index (χ3v) is 5.29. The minimum absolute atomic E-state index is 0.0686. The number of carbonyl (C=O) groups excluding carboxylic acids is 1. The second-order valence-electron chi connectivity index (χ2n) is 7.07. The van der Waals surface area contributed by atoms with Crippen molar-refractivity contribution in [2.45, 2.75) is 32.2 Å². The summed E-state index contributed by atoms with van der Waals surface area (Å²) < 4.78 is 0. The molecule has 1 N–H and O–H groups in total. The molecule has 0 aromatic heterocycles. The van der Waals surface area contributed by atoms with E-state index in [0.29, 0.717) is 11.6 Å². The molecule has 0 aliphatic carbocycles. The Hall–Kier alpha value is -2.81. The van der Waals surface area contributed by atoms with Gasteiger partial charge in [0, 0.05) is 29.5 Å². The molecule has 1 heterocycles. The lowest BCUT2D eigenvalue weighted by Crippen LogP contribution is -2.37. The molecule has 1 saturated heterocycles. The van der Waals surface area contributed by atoms with Crippen LogP contribution in [-0.4, -0.2) is 18.5 Å².